The largest absolute Gasteiger partial charge is 0.314 e. The highest BCUT2D eigenvalue weighted by atomic mass is 15.2. The van der Waals surface area contributed by atoms with Gasteiger partial charge in [0.2, 0.25) is 0 Å². The summed E-state index contributed by atoms with van der Waals surface area (Å²) in [5.74, 6) is 0.759. The first-order valence-electron chi connectivity index (χ1n) is 7.62. The molecule has 108 valence electrons. The third-order valence-corrected chi connectivity index (χ3v) is 4.12. The number of piperidine rings is 1. The van der Waals surface area contributed by atoms with Crippen LogP contribution in [0.1, 0.15) is 32.3 Å². The van der Waals surface area contributed by atoms with Crippen LogP contribution in [0.4, 0.5) is 0 Å². The van der Waals surface area contributed by atoms with Crippen molar-refractivity contribution in [2.45, 2.75) is 39.2 Å². The molecule has 0 amide bonds. The smallest absolute Gasteiger partial charge is 0.0522 e. The summed E-state index contributed by atoms with van der Waals surface area (Å²) in [5.41, 5.74) is 1.35. The fourth-order valence-corrected chi connectivity index (χ4v) is 2.96. The lowest BCUT2D eigenvalue weighted by Gasteiger charge is -2.37. The van der Waals surface area contributed by atoms with Gasteiger partial charge < -0.3 is 10.2 Å². The number of nitrogens with zero attached hydrogens (tertiary/aromatic N) is 3. The Labute approximate surface area is 117 Å². The summed E-state index contributed by atoms with van der Waals surface area (Å²) in [6.07, 6.45) is 7.74. The Morgan fingerprint density at radius 3 is 2.95 bits per heavy atom. The Morgan fingerprint density at radius 2 is 2.32 bits per heavy atom. The number of hydrogen-bond acceptors (Lipinski definition) is 3. The molecule has 1 aliphatic rings. The van der Waals surface area contributed by atoms with Crippen molar-refractivity contribution < 1.29 is 0 Å². The minimum atomic E-state index is 0.717. The molecule has 0 aliphatic carbocycles. The molecule has 0 spiro atoms. The molecule has 1 saturated heterocycles. The maximum atomic E-state index is 4.23. The van der Waals surface area contributed by atoms with E-state index >= 15 is 0 Å². The van der Waals surface area contributed by atoms with E-state index in [-0.39, 0.29) is 0 Å². The summed E-state index contributed by atoms with van der Waals surface area (Å²) in [6.45, 7) is 9.39. The SMILES string of the molecule is CCCNC1CCN(CCc2cnn(C)c2)CC1C. The van der Waals surface area contributed by atoms with Crippen LogP contribution in [0.3, 0.4) is 0 Å². The van der Waals surface area contributed by atoms with Crippen molar-refractivity contribution in [2.75, 3.05) is 26.2 Å². The van der Waals surface area contributed by atoms with Crippen LogP contribution in [0.2, 0.25) is 0 Å². The summed E-state index contributed by atoms with van der Waals surface area (Å²) in [4.78, 5) is 2.60. The van der Waals surface area contributed by atoms with Crippen molar-refractivity contribution in [3.8, 4) is 0 Å². The molecule has 4 heteroatoms. The van der Waals surface area contributed by atoms with E-state index in [1.54, 1.807) is 0 Å². The van der Waals surface area contributed by atoms with E-state index in [9.17, 15) is 0 Å². The van der Waals surface area contributed by atoms with Crippen molar-refractivity contribution in [1.82, 2.24) is 20.0 Å². The molecule has 0 radical (unpaired) electrons. The first kappa shape index (κ1) is 14.5. The lowest BCUT2D eigenvalue weighted by molar-refractivity contribution is 0.149. The predicted octanol–water partition coefficient (Wildman–Crippen LogP) is 1.67. The third-order valence-electron chi connectivity index (χ3n) is 4.12. The second kappa shape index (κ2) is 7.06. The summed E-state index contributed by atoms with van der Waals surface area (Å²) in [7, 11) is 1.98. The highest BCUT2D eigenvalue weighted by molar-refractivity contribution is 5.04. The minimum Gasteiger partial charge on any atom is -0.314 e. The lowest BCUT2D eigenvalue weighted by atomic mass is 9.93. The summed E-state index contributed by atoms with van der Waals surface area (Å²) < 4.78 is 1.89. The van der Waals surface area contributed by atoms with E-state index in [2.05, 4.69) is 35.4 Å². The Kier molecular flexibility index (Phi) is 5.40. The number of hydrogen-bond donors (Lipinski definition) is 1. The highest BCUT2D eigenvalue weighted by Gasteiger charge is 2.24. The average Bonchev–Trinajstić information content (AvgIpc) is 2.81. The van der Waals surface area contributed by atoms with Gasteiger partial charge >= 0.3 is 0 Å². The zero-order chi connectivity index (χ0) is 13.7. The van der Waals surface area contributed by atoms with Crippen molar-refractivity contribution in [2.24, 2.45) is 13.0 Å². The third kappa shape index (κ3) is 4.32. The monoisotopic (exact) mass is 264 g/mol. The molecule has 0 aromatic carbocycles. The number of nitrogens with one attached hydrogen (secondary N) is 1. The first-order chi connectivity index (χ1) is 9.19. The molecule has 1 fully saturated rings. The zero-order valence-electron chi connectivity index (χ0n) is 12.6. The van der Waals surface area contributed by atoms with Gasteiger partial charge in [-0.2, -0.15) is 5.10 Å². The van der Waals surface area contributed by atoms with Crippen LogP contribution in [0.5, 0.6) is 0 Å². The molecule has 1 aliphatic heterocycles. The van der Waals surface area contributed by atoms with E-state index in [0.717, 1.165) is 31.5 Å². The minimum absolute atomic E-state index is 0.717. The van der Waals surface area contributed by atoms with Crippen LogP contribution < -0.4 is 5.32 Å². The van der Waals surface area contributed by atoms with E-state index in [4.69, 9.17) is 0 Å². The Hall–Kier alpha value is -0.870. The van der Waals surface area contributed by atoms with Crippen LogP contribution in [-0.2, 0) is 13.5 Å². The zero-order valence-corrected chi connectivity index (χ0v) is 12.6. The topological polar surface area (TPSA) is 33.1 Å². The molecule has 2 atom stereocenters. The van der Waals surface area contributed by atoms with Gasteiger partial charge in [0.25, 0.3) is 0 Å². The van der Waals surface area contributed by atoms with Crippen molar-refractivity contribution in [3.05, 3.63) is 18.0 Å². The average molecular weight is 264 g/mol. The Morgan fingerprint density at radius 1 is 1.47 bits per heavy atom. The maximum absolute atomic E-state index is 4.23. The van der Waals surface area contributed by atoms with E-state index in [1.807, 2.05) is 17.9 Å². The van der Waals surface area contributed by atoms with Crippen LogP contribution >= 0.6 is 0 Å². The molecule has 1 aromatic heterocycles. The van der Waals surface area contributed by atoms with Crippen LogP contribution in [0, 0.1) is 5.92 Å². The Balaban J connectivity index is 1.72. The maximum Gasteiger partial charge on any atom is 0.0522 e. The molecule has 19 heavy (non-hydrogen) atoms. The molecule has 0 saturated carbocycles. The van der Waals surface area contributed by atoms with Crippen LogP contribution in [-0.4, -0.2) is 46.9 Å². The van der Waals surface area contributed by atoms with Gasteiger partial charge in [-0.05, 0) is 43.8 Å². The predicted molar refractivity (Wildman–Crippen MR) is 79.2 cm³/mol. The van der Waals surface area contributed by atoms with Gasteiger partial charge in [0.05, 0.1) is 6.20 Å². The van der Waals surface area contributed by atoms with Gasteiger partial charge in [0.1, 0.15) is 0 Å². The van der Waals surface area contributed by atoms with Crippen LogP contribution in [0.15, 0.2) is 12.4 Å². The molecular weight excluding hydrogens is 236 g/mol. The molecule has 2 unspecified atom stereocenters. The van der Waals surface area contributed by atoms with Crippen molar-refractivity contribution in [1.29, 1.82) is 0 Å². The standard InChI is InChI=1S/C15H28N4/c1-4-7-16-15-6-9-19(11-13(15)2)8-5-14-10-17-18(3)12-14/h10,12-13,15-16H,4-9,11H2,1-3H3. The van der Waals surface area contributed by atoms with Crippen LogP contribution in [0.25, 0.3) is 0 Å². The van der Waals surface area contributed by atoms with E-state index in [0.29, 0.717) is 0 Å². The summed E-state index contributed by atoms with van der Waals surface area (Å²) in [6, 6.07) is 0.717. The van der Waals surface area contributed by atoms with E-state index < -0.39 is 0 Å². The normalized spacial score (nSPS) is 24.8. The fourth-order valence-electron chi connectivity index (χ4n) is 2.96. The van der Waals surface area contributed by atoms with Gasteiger partial charge in [-0.25, -0.2) is 0 Å². The second-order valence-corrected chi connectivity index (χ2v) is 5.90. The molecular formula is C15H28N4. The highest BCUT2D eigenvalue weighted by Crippen LogP contribution is 2.17. The molecule has 2 rings (SSSR count). The van der Waals surface area contributed by atoms with Gasteiger partial charge in [-0.3, -0.25) is 4.68 Å². The fraction of sp³-hybridized carbons (Fsp3) is 0.800. The second-order valence-electron chi connectivity index (χ2n) is 5.90. The number of aromatic nitrogens is 2. The Bertz CT molecular complexity index is 374. The molecule has 1 aromatic rings. The van der Waals surface area contributed by atoms with Crippen molar-refractivity contribution in [3.63, 3.8) is 0 Å². The van der Waals surface area contributed by atoms with E-state index in [1.165, 1.54) is 31.5 Å². The van der Waals surface area contributed by atoms with Gasteiger partial charge in [0, 0.05) is 32.4 Å². The quantitative estimate of drug-likeness (QED) is 0.848. The molecule has 0 bridgehead atoms. The first-order valence-corrected chi connectivity index (χ1v) is 7.62. The number of rotatable bonds is 6. The molecule has 4 nitrogen and oxygen atoms in total. The van der Waals surface area contributed by atoms with Gasteiger partial charge in [-0.1, -0.05) is 13.8 Å². The molecule has 2 heterocycles. The number of likely N-dealkylation sites (tertiary alicyclic amines) is 1. The molecule has 1 N–H and O–H groups in total. The van der Waals surface area contributed by atoms with Gasteiger partial charge in [-0.15, -0.1) is 0 Å². The lowest BCUT2D eigenvalue weighted by Crippen LogP contribution is -2.48. The summed E-state index contributed by atoms with van der Waals surface area (Å²) in [5, 5.41) is 7.91. The van der Waals surface area contributed by atoms with Crippen molar-refractivity contribution >= 4 is 0 Å². The summed E-state index contributed by atoms with van der Waals surface area (Å²) >= 11 is 0. The van der Waals surface area contributed by atoms with Gasteiger partial charge in [0.15, 0.2) is 0 Å². The number of aryl methyl sites for hydroxylation is 1.